The van der Waals surface area contributed by atoms with Gasteiger partial charge in [0, 0.05) is 36.3 Å². The Hall–Kier alpha value is -2.53. The number of rotatable bonds is 9. The lowest BCUT2D eigenvalue weighted by Gasteiger charge is -2.57. The second-order valence-corrected chi connectivity index (χ2v) is 12.4. The van der Waals surface area contributed by atoms with Gasteiger partial charge in [-0.1, -0.05) is 19.4 Å². The summed E-state index contributed by atoms with van der Waals surface area (Å²) < 4.78 is 5.08. The molecule has 0 aromatic heterocycles. The number of Topliss-reactive ketones (excluding diaryl/α,β-unsaturated/α-hetero) is 2. The zero-order valence-corrected chi connectivity index (χ0v) is 23.3. The highest BCUT2D eigenvalue weighted by atomic mass is 32.1. The average Bonchev–Trinajstić information content (AvgIpc) is 3.15. The molecule has 11 heteroatoms. The van der Waals surface area contributed by atoms with Gasteiger partial charge in [-0.3, -0.25) is 24.0 Å². The van der Waals surface area contributed by atoms with Crippen molar-refractivity contribution >= 4 is 47.8 Å². The van der Waals surface area contributed by atoms with Crippen LogP contribution in [0, 0.1) is 28.6 Å². The third-order valence-corrected chi connectivity index (χ3v) is 10.4. The van der Waals surface area contributed by atoms with Gasteiger partial charge in [0.2, 0.25) is 11.7 Å². The second kappa shape index (κ2) is 10.8. The number of esters is 1. The van der Waals surface area contributed by atoms with Crippen molar-refractivity contribution in [3.63, 3.8) is 0 Å². The molecular formula is C28H37NO9S. The van der Waals surface area contributed by atoms with Gasteiger partial charge < -0.3 is 20.3 Å². The van der Waals surface area contributed by atoms with E-state index in [0.29, 0.717) is 19.3 Å². The van der Waals surface area contributed by atoms with Crippen LogP contribution in [0.5, 0.6) is 0 Å². The zero-order chi connectivity index (χ0) is 28.8. The first-order chi connectivity index (χ1) is 18.3. The molecule has 39 heavy (non-hydrogen) atoms. The number of ketones is 3. The van der Waals surface area contributed by atoms with Crippen LogP contribution in [0.3, 0.4) is 0 Å². The van der Waals surface area contributed by atoms with Crippen molar-refractivity contribution in [2.24, 2.45) is 28.6 Å². The summed E-state index contributed by atoms with van der Waals surface area (Å²) in [6, 6.07) is -1.18. The minimum Gasteiger partial charge on any atom is -0.480 e. The lowest BCUT2D eigenvalue weighted by atomic mass is 9.46. The van der Waals surface area contributed by atoms with E-state index >= 15 is 0 Å². The smallest absolute Gasteiger partial charge is 0.327 e. The van der Waals surface area contributed by atoms with Crippen molar-refractivity contribution in [3.8, 4) is 0 Å². The minimum absolute atomic E-state index is 0.00127. The van der Waals surface area contributed by atoms with Crippen LogP contribution in [0.4, 0.5) is 0 Å². The van der Waals surface area contributed by atoms with Gasteiger partial charge in [-0.05, 0) is 55.4 Å². The van der Waals surface area contributed by atoms with Gasteiger partial charge in [-0.2, -0.15) is 12.6 Å². The van der Waals surface area contributed by atoms with Crippen molar-refractivity contribution in [1.82, 2.24) is 5.32 Å². The molecule has 0 aromatic carbocycles. The number of hydrogen-bond donors (Lipinski definition) is 4. The Morgan fingerprint density at radius 2 is 1.85 bits per heavy atom. The van der Waals surface area contributed by atoms with E-state index in [1.807, 2.05) is 0 Å². The van der Waals surface area contributed by atoms with E-state index in [4.69, 9.17) is 9.84 Å². The Labute approximate surface area is 232 Å². The molecule has 214 valence electrons. The Morgan fingerprint density at radius 1 is 1.13 bits per heavy atom. The molecule has 3 fully saturated rings. The number of thiol groups is 1. The van der Waals surface area contributed by atoms with Crippen molar-refractivity contribution in [2.45, 2.75) is 83.3 Å². The molecule has 7 atom stereocenters. The summed E-state index contributed by atoms with van der Waals surface area (Å²) in [5, 5.41) is 22.9. The first-order valence-electron chi connectivity index (χ1n) is 13.6. The van der Waals surface area contributed by atoms with E-state index in [2.05, 4.69) is 24.9 Å². The standard InChI is InChI=1S/C28H37NO9S/c1-26-9-7-16(30)11-15(26)3-4-17-18-8-10-28(37,27(18,2)12-20(31)24(17)26)21(32)13-38-23(34)6-5-22(33)29-19(14-39)25(35)36/h11,17-19,24,37,39H,3-10,12-14H2,1-2H3,(H,29,33)(H,35,36)/t17-,18-,19+,24+,26+,27+,28+/m1/s1. The van der Waals surface area contributed by atoms with Crippen LogP contribution in [-0.2, 0) is 33.5 Å². The number of allylic oxidation sites excluding steroid dienone is 1. The van der Waals surface area contributed by atoms with Gasteiger partial charge in [0.05, 0.1) is 6.42 Å². The molecule has 4 rings (SSSR count). The molecule has 0 aliphatic heterocycles. The summed E-state index contributed by atoms with van der Waals surface area (Å²) in [5.74, 6) is -3.70. The first-order valence-corrected chi connectivity index (χ1v) is 14.2. The van der Waals surface area contributed by atoms with E-state index in [0.717, 1.165) is 18.4 Å². The van der Waals surface area contributed by atoms with Crippen molar-refractivity contribution in [2.75, 3.05) is 12.4 Å². The zero-order valence-electron chi connectivity index (χ0n) is 22.4. The molecule has 0 radical (unpaired) electrons. The van der Waals surface area contributed by atoms with Crippen molar-refractivity contribution in [3.05, 3.63) is 11.6 Å². The maximum atomic E-state index is 13.7. The molecule has 0 heterocycles. The molecule has 0 aromatic rings. The Bertz CT molecular complexity index is 1130. The number of nitrogens with one attached hydrogen (secondary N) is 1. The quantitative estimate of drug-likeness (QED) is 0.242. The first kappa shape index (κ1) is 29.5. The Morgan fingerprint density at radius 3 is 2.51 bits per heavy atom. The van der Waals surface area contributed by atoms with E-state index in [-0.39, 0.29) is 66.2 Å². The number of aliphatic carboxylic acids is 1. The summed E-state index contributed by atoms with van der Waals surface area (Å²) in [6.07, 6.45) is 4.32. The Balaban J connectivity index is 1.39. The fraction of sp³-hybridized carbons (Fsp3) is 0.714. The molecule has 0 spiro atoms. The lowest BCUT2D eigenvalue weighted by Crippen LogP contribution is -2.61. The van der Waals surface area contributed by atoms with Crippen LogP contribution in [0.25, 0.3) is 0 Å². The number of carbonyl (C=O) groups excluding carboxylic acids is 5. The van der Waals surface area contributed by atoms with Gasteiger partial charge >= 0.3 is 11.9 Å². The molecule has 3 N–H and O–H groups in total. The van der Waals surface area contributed by atoms with E-state index < -0.39 is 47.3 Å². The molecule has 0 bridgehead atoms. The maximum absolute atomic E-state index is 13.7. The third kappa shape index (κ3) is 5.08. The second-order valence-electron chi connectivity index (χ2n) is 12.0. The third-order valence-electron chi connectivity index (χ3n) is 10.0. The predicted octanol–water partition coefficient (Wildman–Crippen LogP) is 1.82. The maximum Gasteiger partial charge on any atom is 0.327 e. The van der Waals surface area contributed by atoms with Crippen LogP contribution in [-0.4, -0.2) is 69.4 Å². The summed E-state index contributed by atoms with van der Waals surface area (Å²) >= 11 is 3.86. The number of aliphatic hydroxyl groups is 1. The number of amides is 1. The highest BCUT2D eigenvalue weighted by Gasteiger charge is 2.68. The van der Waals surface area contributed by atoms with Crippen molar-refractivity contribution < 1.29 is 43.7 Å². The monoisotopic (exact) mass is 563 g/mol. The highest BCUT2D eigenvalue weighted by molar-refractivity contribution is 7.80. The predicted molar refractivity (Wildman–Crippen MR) is 141 cm³/mol. The number of hydrogen-bond acceptors (Lipinski definition) is 9. The molecule has 4 aliphatic rings. The number of carbonyl (C=O) groups is 6. The summed E-state index contributed by atoms with van der Waals surface area (Å²) in [4.78, 5) is 74.1. The van der Waals surface area contributed by atoms with Crippen LogP contribution in [0.2, 0.25) is 0 Å². The molecule has 4 aliphatic carbocycles. The number of carboxylic acids is 1. The number of ether oxygens (including phenoxy) is 1. The van der Waals surface area contributed by atoms with Crippen molar-refractivity contribution in [1.29, 1.82) is 0 Å². The summed E-state index contributed by atoms with van der Waals surface area (Å²) in [7, 11) is 0. The van der Waals surface area contributed by atoms with Gasteiger partial charge in [-0.25, -0.2) is 4.79 Å². The number of fused-ring (bicyclic) bond motifs is 5. The van der Waals surface area contributed by atoms with E-state index in [1.54, 1.807) is 13.0 Å². The van der Waals surface area contributed by atoms with Crippen LogP contribution >= 0.6 is 12.6 Å². The molecule has 0 unspecified atom stereocenters. The molecule has 0 saturated heterocycles. The van der Waals surface area contributed by atoms with Crippen LogP contribution in [0.1, 0.15) is 71.6 Å². The molecule has 1 amide bonds. The van der Waals surface area contributed by atoms with E-state index in [1.165, 1.54) is 0 Å². The SMILES string of the molecule is C[C@]12CCC(=O)C=C1CC[C@H]1[C@H]2C(=O)C[C@@]2(C)[C@@H]1CC[C@]2(O)C(=O)COC(=O)CCC(=O)N[C@@H](CS)C(=O)O. The minimum atomic E-state index is -1.82. The Kier molecular flexibility index (Phi) is 8.16. The van der Waals surface area contributed by atoms with Gasteiger partial charge in [0.25, 0.3) is 0 Å². The molecule has 10 nitrogen and oxygen atoms in total. The fourth-order valence-electron chi connectivity index (χ4n) is 7.85. The molecular weight excluding hydrogens is 526 g/mol. The van der Waals surface area contributed by atoms with Gasteiger partial charge in [0.15, 0.2) is 12.4 Å². The normalized spacial score (nSPS) is 36.1. The fourth-order valence-corrected chi connectivity index (χ4v) is 8.10. The van der Waals surface area contributed by atoms with Crippen LogP contribution < -0.4 is 5.32 Å². The highest BCUT2D eigenvalue weighted by Crippen LogP contribution is 2.66. The van der Waals surface area contributed by atoms with E-state index in [9.17, 15) is 33.9 Å². The average molecular weight is 564 g/mol. The summed E-state index contributed by atoms with van der Waals surface area (Å²) in [6.45, 7) is 3.19. The topological polar surface area (TPSA) is 164 Å². The van der Waals surface area contributed by atoms with Crippen LogP contribution in [0.15, 0.2) is 11.6 Å². The van der Waals surface area contributed by atoms with Gasteiger partial charge in [-0.15, -0.1) is 0 Å². The number of carboxylic acid groups (broad SMARTS) is 1. The molecule has 3 saturated carbocycles. The van der Waals surface area contributed by atoms with Gasteiger partial charge in [0.1, 0.15) is 17.4 Å². The largest absolute Gasteiger partial charge is 0.480 e. The lowest BCUT2D eigenvalue weighted by molar-refractivity contribution is -0.173. The summed E-state index contributed by atoms with van der Waals surface area (Å²) in [5.41, 5.74) is -2.14.